The molecule has 1 saturated carbocycles. The molecule has 0 aromatic rings. The molecule has 5 heteroatoms. The lowest BCUT2D eigenvalue weighted by atomic mass is 9.79. The molecular formula is C15H30N2O2S. The lowest BCUT2D eigenvalue weighted by Gasteiger charge is -2.44. The molecule has 0 aromatic heterocycles. The number of nitrogens with zero attached hydrogens (tertiary/aromatic N) is 1. The van der Waals surface area contributed by atoms with E-state index in [0.717, 1.165) is 19.4 Å². The van der Waals surface area contributed by atoms with E-state index in [1.807, 2.05) is 11.2 Å². The first-order chi connectivity index (χ1) is 9.43. The molecule has 2 fully saturated rings. The van der Waals surface area contributed by atoms with Crippen molar-refractivity contribution in [1.29, 1.82) is 0 Å². The Kier molecular flexibility index (Phi) is 5.49. The number of nitrogens with one attached hydrogen (secondary N) is 1. The zero-order chi connectivity index (χ0) is 14.8. The summed E-state index contributed by atoms with van der Waals surface area (Å²) in [6.07, 6.45) is 6.99. The fourth-order valence-electron chi connectivity index (χ4n) is 3.63. The molecule has 3 atom stereocenters. The molecule has 0 radical (unpaired) electrons. The minimum atomic E-state index is -3.16. The summed E-state index contributed by atoms with van der Waals surface area (Å²) >= 11 is 0. The maximum atomic E-state index is 12.8. The Morgan fingerprint density at radius 3 is 2.45 bits per heavy atom. The third kappa shape index (κ3) is 3.55. The van der Waals surface area contributed by atoms with Gasteiger partial charge in [-0.25, -0.2) is 8.42 Å². The first-order valence-electron chi connectivity index (χ1n) is 8.17. The standard InChI is InChI=1S/C15H30N2O2S/c1-12(2)16-11-13(3)20(18,19)17-10-6-8-14-7-4-5-9-15(14)17/h12-16H,4-11H2,1-3H3/t13?,14-,15-/m1/s1. The lowest BCUT2D eigenvalue weighted by Crippen LogP contribution is -2.53. The third-order valence-corrected chi connectivity index (χ3v) is 7.13. The highest BCUT2D eigenvalue weighted by Gasteiger charge is 2.41. The molecule has 1 unspecified atom stereocenters. The number of piperidine rings is 1. The van der Waals surface area contributed by atoms with E-state index in [1.165, 1.54) is 25.7 Å². The summed E-state index contributed by atoms with van der Waals surface area (Å²) in [5.41, 5.74) is 0. The average molecular weight is 302 g/mol. The quantitative estimate of drug-likeness (QED) is 0.848. The van der Waals surface area contributed by atoms with Crippen LogP contribution in [-0.4, -0.2) is 43.1 Å². The first-order valence-corrected chi connectivity index (χ1v) is 9.67. The second kappa shape index (κ2) is 6.75. The number of hydrogen-bond acceptors (Lipinski definition) is 3. The second-order valence-electron chi connectivity index (χ2n) is 6.78. The van der Waals surface area contributed by atoms with Crippen LogP contribution in [0.4, 0.5) is 0 Å². The highest BCUT2D eigenvalue weighted by atomic mass is 32.2. The molecule has 4 nitrogen and oxygen atoms in total. The van der Waals surface area contributed by atoms with E-state index in [4.69, 9.17) is 0 Å². The average Bonchev–Trinajstić information content (AvgIpc) is 2.43. The molecule has 0 bridgehead atoms. The Balaban J connectivity index is 2.06. The highest BCUT2D eigenvalue weighted by molar-refractivity contribution is 7.89. The van der Waals surface area contributed by atoms with Gasteiger partial charge in [0.1, 0.15) is 0 Å². The van der Waals surface area contributed by atoms with Crippen LogP contribution in [0.15, 0.2) is 0 Å². The van der Waals surface area contributed by atoms with Crippen LogP contribution in [0.25, 0.3) is 0 Å². The van der Waals surface area contributed by atoms with Crippen LogP contribution >= 0.6 is 0 Å². The largest absolute Gasteiger partial charge is 0.313 e. The van der Waals surface area contributed by atoms with Gasteiger partial charge >= 0.3 is 0 Å². The van der Waals surface area contributed by atoms with Crippen LogP contribution in [-0.2, 0) is 10.0 Å². The van der Waals surface area contributed by atoms with Crippen LogP contribution in [0, 0.1) is 5.92 Å². The van der Waals surface area contributed by atoms with Gasteiger partial charge in [-0.15, -0.1) is 0 Å². The molecule has 1 N–H and O–H groups in total. The van der Waals surface area contributed by atoms with Gasteiger partial charge in [-0.2, -0.15) is 4.31 Å². The maximum Gasteiger partial charge on any atom is 0.218 e. The van der Waals surface area contributed by atoms with Crippen molar-refractivity contribution in [1.82, 2.24) is 9.62 Å². The molecule has 1 saturated heterocycles. The van der Waals surface area contributed by atoms with E-state index in [2.05, 4.69) is 19.2 Å². The van der Waals surface area contributed by atoms with Crippen molar-refractivity contribution in [3.05, 3.63) is 0 Å². The molecule has 1 heterocycles. The number of hydrogen-bond donors (Lipinski definition) is 1. The predicted molar refractivity (Wildman–Crippen MR) is 83.2 cm³/mol. The van der Waals surface area contributed by atoms with Crippen LogP contribution in [0.5, 0.6) is 0 Å². The van der Waals surface area contributed by atoms with Crippen LogP contribution < -0.4 is 5.32 Å². The van der Waals surface area contributed by atoms with Gasteiger partial charge < -0.3 is 5.32 Å². The molecule has 2 aliphatic rings. The van der Waals surface area contributed by atoms with Crippen molar-refractivity contribution in [3.63, 3.8) is 0 Å². The van der Waals surface area contributed by atoms with Crippen molar-refractivity contribution in [2.45, 2.75) is 76.6 Å². The van der Waals surface area contributed by atoms with Gasteiger partial charge in [-0.1, -0.05) is 26.7 Å². The topological polar surface area (TPSA) is 49.4 Å². The molecular weight excluding hydrogens is 272 g/mol. The monoisotopic (exact) mass is 302 g/mol. The normalized spacial score (nSPS) is 30.2. The summed E-state index contributed by atoms with van der Waals surface area (Å²) in [5, 5.41) is 2.93. The van der Waals surface area contributed by atoms with Crippen LogP contribution in [0.3, 0.4) is 0 Å². The SMILES string of the molecule is CC(C)NCC(C)S(=O)(=O)N1CCC[C@H]2CCCC[C@H]21. The summed E-state index contributed by atoms with van der Waals surface area (Å²) in [6, 6.07) is 0.612. The third-order valence-electron chi connectivity index (χ3n) is 4.84. The Morgan fingerprint density at radius 2 is 1.75 bits per heavy atom. The van der Waals surface area contributed by atoms with Crippen molar-refractivity contribution >= 4 is 10.0 Å². The van der Waals surface area contributed by atoms with Gasteiger partial charge in [-0.3, -0.25) is 0 Å². The fourth-order valence-corrected chi connectivity index (χ4v) is 5.44. The molecule has 118 valence electrons. The molecule has 2 rings (SSSR count). The number of rotatable bonds is 5. The van der Waals surface area contributed by atoms with E-state index in [0.29, 0.717) is 18.5 Å². The van der Waals surface area contributed by atoms with Gasteiger partial charge in [-0.05, 0) is 38.5 Å². The van der Waals surface area contributed by atoms with E-state index in [9.17, 15) is 8.42 Å². The summed E-state index contributed by atoms with van der Waals surface area (Å²) in [5.74, 6) is 0.609. The Bertz CT molecular complexity index is 406. The molecule has 0 spiro atoms. The minimum absolute atomic E-state index is 0.281. The molecule has 20 heavy (non-hydrogen) atoms. The number of fused-ring (bicyclic) bond motifs is 1. The Labute approximate surface area is 124 Å². The Hall–Kier alpha value is -0.130. The number of sulfonamides is 1. The maximum absolute atomic E-state index is 12.8. The zero-order valence-electron chi connectivity index (χ0n) is 13.1. The fraction of sp³-hybridized carbons (Fsp3) is 1.00. The zero-order valence-corrected chi connectivity index (χ0v) is 14.0. The van der Waals surface area contributed by atoms with Crippen LogP contribution in [0.2, 0.25) is 0 Å². The molecule has 0 aromatic carbocycles. The van der Waals surface area contributed by atoms with E-state index in [-0.39, 0.29) is 11.3 Å². The van der Waals surface area contributed by atoms with Crippen molar-refractivity contribution < 1.29 is 8.42 Å². The first kappa shape index (κ1) is 16.2. The Morgan fingerprint density at radius 1 is 1.10 bits per heavy atom. The predicted octanol–water partition coefficient (Wildman–Crippen LogP) is 2.36. The van der Waals surface area contributed by atoms with Crippen molar-refractivity contribution in [2.24, 2.45) is 5.92 Å². The van der Waals surface area contributed by atoms with Gasteiger partial charge in [0.25, 0.3) is 0 Å². The summed E-state index contributed by atoms with van der Waals surface area (Å²) in [7, 11) is -3.16. The van der Waals surface area contributed by atoms with Gasteiger partial charge in [0, 0.05) is 25.2 Å². The summed E-state index contributed by atoms with van der Waals surface area (Å²) in [6.45, 7) is 7.23. The van der Waals surface area contributed by atoms with Crippen LogP contribution in [0.1, 0.15) is 59.3 Å². The second-order valence-corrected chi connectivity index (χ2v) is 9.09. The summed E-state index contributed by atoms with van der Waals surface area (Å²) in [4.78, 5) is 0. The smallest absolute Gasteiger partial charge is 0.218 e. The van der Waals surface area contributed by atoms with Crippen molar-refractivity contribution in [3.8, 4) is 0 Å². The van der Waals surface area contributed by atoms with E-state index < -0.39 is 10.0 Å². The van der Waals surface area contributed by atoms with E-state index in [1.54, 1.807) is 0 Å². The molecule has 1 aliphatic heterocycles. The van der Waals surface area contributed by atoms with Gasteiger partial charge in [0.2, 0.25) is 10.0 Å². The summed E-state index contributed by atoms with van der Waals surface area (Å²) < 4.78 is 27.5. The minimum Gasteiger partial charge on any atom is -0.313 e. The highest BCUT2D eigenvalue weighted by Crippen LogP contribution is 2.37. The van der Waals surface area contributed by atoms with E-state index >= 15 is 0 Å². The molecule has 1 aliphatic carbocycles. The van der Waals surface area contributed by atoms with Crippen molar-refractivity contribution in [2.75, 3.05) is 13.1 Å². The molecule has 0 amide bonds. The lowest BCUT2D eigenvalue weighted by molar-refractivity contribution is 0.128. The van der Waals surface area contributed by atoms with Gasteiger partial charge in [0.05, 0.1) is 5.25 Å². The van der Waals surface area contributed by atoms with Gasteiger partial charge in [0.15, 0.2) is 0 Å².